The van der Waals surface area contributed by atoms with E-state index in [0.29, 0.717) is 0 Å². The highest BCUT2D eigenvalue weighted by molar-refractivity contribution is 4.83. The van der Waals surface area contributed by atoms with Crippen LogP contribution in [0.15, 0.2) is 0 Å². The number of nitrogens with one attached hydrogen (secondary N) is 1. The van der Waals surface area contributed by atoms with Crippen molar-refractivity contribution >= 4 is 0 Å². The molecule has 0 spiro atoms. The van der Waals surface area contributed by atoms with Crippen LogP contribution in [0.2, 0.25) is 0 Å². The predicted molar refractivity (Wildman–Crippen MR) is 95.7 cm³/mol. The molecule has 0 amide bonds. The highest BCUT2D eigenvalue weighted by Crippen LogP contribution is 2.36. The first kappa shape index (κ1) is 19.0. The van der Waals surface area contributed by atoms with E-state index in [9.17, 15) is 0 Å². The second kappa shape index (κ2) is 11.5. The molecule has 0 radical (unpaired) electrons. The molecule has 1 aliphatic rings. The average molecular weight is 296 g/mol. The first-order valence-electron chi connectivity index (χ1n) is 9.92. The monoisotopic (exact) mass is 295 g/mol. The van der Waals surface area contributed by atoms with Crippen molar-refractivity contribution in [2.24, 2.45) is 17.8 Å². The maximum Gasteiger partial charge on any atom is 0.00954 e. The Morgan fingerprint density at radius 3 is 2.24 bits per heavy atom. The van der Waals surface area contributed by atoms with Crippen LogP contribution in [-0.2, 0) is 0 Å². The molecule has 1 N–H and O–H groups in total. The van der Waals surface area contributed by atoms with Gasteiger partial charge >= 0.3 is 0 Å². The number of rotatable bonds is 11. The molecule has 1 saturated carbocycles. The SMILES string of the molecule is CCCCCCCCC(NCCC)C1CCC(C)C(C)C1. The van der Waals surface area contributed by atoms with Gasteiger partial charge in [0.25, 0.3) is 0 Å². The molecule has 4 atom stereocenters. The van der Waals surface area contributed by atoms with E-state index in [2.05, 4.69) is 33.0 Å². The van der Waals surface area contributed by atoms with Crippen molar-refractivity contribution < 1.29 is 0 Å². The van der Waals surface area contributed by atoms with E-state index in [1.54, 1.807) is 0 Å². The van der Waals surface area contributed by atoms with Crippen molar-refractivity contribution in [3.05, 3.63) is 0 Å². The summed E-state index contributed by atoms with van der Waals surface area (Å²) in [5, 5.41) is 3.88. The van der Waals surface area contributed by atoms with Gasteiger partial charge in [-0.3, -0.25) is 0 Å². The third kappa shape index (κ3) is 7.68. The minimum absolute atomic E-state index is 0.797. The summed E-state index contributed by atoms with van der Waals surface area (Å²) in [4.78, 5) is 0. The molecule has 1 aliphatic carbocycles. The lowest BCUT2D eigenvalue weighted by Crippen LogP contribution is -2.40. The second-order valence-corrected chi connectivity index (χ2v) is 7.64. The molecular weight excluding hydrogens is 254 g/mol. The van der Waals surface area contributed by atoms with E-state index in [-0.39, 0.29) is 0 Å². The fraction of sp³-hybridized carbons (Fsp3) is 1.00. The fourth-order valence-corrected chi connectivity index (χ4v) is 3.93. The van der Waals surface area contributed by atoms with Crippen LogP contribution in [-0.4, -0.2) is 12.6 Å². The van der Waals surface area contributed by atoms with E-state index in [1.165, 1.54) is 77.2 Å². The second-order valence-electron chi connectivity index (χ2n) is 7.64. The predicted octanol–water partition coefficient (Wildman–Crippen LogP) is 6.18. The molecule has 126 valence electrons. The Kier molecular flexibility index (Phi) is 10.4. The Labute approximate surface area is 134 Å². The summed E-state index contributed by atoms with van der Waals surface area (Å²) in [6, 6.07) is 0.797. The van der Waals surface area contributed by atoms with E-state index < -0.39 is 0 Å². The topological polar surface area (TPSA) is 12.0 Å². The minimum atomic E-state index is 0.797. The molecule has 1 heteroatoms. The van der Waals surface area contributed by atoms with Crippen molar-refractivity contribution in [1.82, 2.24) is 5.32 Å². The average Bonchev–Trinajstić information content (AvgIpc) is 2.49. The van der Waals surface area contributed by atoms with Gasteiger partial charge in [-0.2, -0.15) is 0 Å². The van der Waals surface area contributed by atoms with Crippen molar-refractivity contribution in [2.45, 2.75) is 104 Å². The van der Waals surface area contributed by atoms with Gasteiger partial charge in [0.1, 0.15) is 0 Å². The maximum atomic E-state index is 3.88. The molecule has 0 aliphatic heterocycles. The third-order valence-corrected chi connectivity index (χ3v) is 5.73. The summed E-state index contributed by atoms with van der Waals surface area (Å²) in [5.74, 6) is 2.82. The van der Waals surface area contributed by atoms with Crippen LogP contribution >= 0.6 is 0 Å². The van der Waals surface area contributed by atoms with Crippen LogP contribution in [0.25, 0.3) is 0 Å². The van der Waals surface area contributed by atoms with Gasteiger partial charge in [-0.05, 0) is 50.0 Å². The van der Waals surface area contributed by atoms with Crippen molar-refractivity contribution in [3.63, 3.8) is 0 Å². The largest absolute Gasteiger partial charge is 0.314 e. The molecule has 0 aromatic heterocycles. The summed E-state index contributed by atoms with van der Waals surface area (Å²) >= 11 is 0. The molecule has 0 saturated heterocycles. The van der Waals surface area contributed by atoms with Gasteiger partial charge in [-0.25, -0.2) is 0 Å². The highest BCUT2D eigenvalue weighted by Gasteiger charge is 2.29. The summed E-state index contributed by atoms with van der Waals surface area (Å²) in [5.41, 5.74) is 0. The maximum absolute atomic E-state index is 3.88. The van der Waals surface area contributed by atoms with Crippen LogP contribution in [0.1, 0.15) is 98.3 Å². The van der Waals surface area contributed by atoms with Crippen LogP contribution < -0.4 is 5.32 Å². The van der Waals surface area contributed by atoms with Gasteiger partial charge in [0, 0.05) is 6.04 Å². The van der Waals surface area contributed by atoms with Crippen LogP contribution in [0.5, 0.6) is 0 Å². The van der Waals surface area contributed by atoms with Crippen molar-refractivity contribution in [1.29, 1.82) is 0 Å². The van der Waals surface area contributed by atoms with Crippen LogP contribution in [0.4, 0.5) is 0 Å². The lowest BCUT2D eigenvalue weighted by atomic mass is 9.72. The first-order valence-corrected chi connectivity index (χ1v) is 9.92. The summed E-state index contributed by atoms with van der Waals surface area (Å²) in [7, 11) is 0. The third-order valence-electron chi connectivity index (χ3n) is 5.73. The van der Waals surface area contributed by atoms with Crippen molar-refractivity contribution in [2.75, 3.05) is 6.54 Å². The molecule has 21 heavy (non-hydrogen) atoms. The van der Waals surface area contributed by atoms with Gasteiger partial charge in [0.2, 0.25) is 0 Å². The Morgan fingerprint density at radius 1 is 0.857 bits per heavy atom. The van der Waals surface area contributed by atoms with E-state index >= 15 is 0 Å². The quantitative estimate of drug-likeness (QED) is 0.449. The van der Waals surface area contributed by atoms with Crippen LogP contribution in [0.3, 0.4) is 0 Å². The van der Waals surface area contributed by atoms with Gasteiger partial charge < -0.3 is 5.32 Å². The van der Waals surface area contributed by atoms with Gasteiger partial charge in [0.15, 0.2) is 0 Å². The Morgan fingerprint density at radius 2 is 1.57 bits per heavy atom. The summed E-state index contributed by atoms with van der Waals surface area (Å²) in [6.07, 6.45) is 15.6. The van der Waals surface area contributed by atoms with E-state index in [0.717, 1.165) is 23.8 Å². The normalized spacial score (nSPS) is 27.7. The summed E-state index contributed by atoms with van der Waals surface area (Å²) in [6.45, 7) is 10.7. The van der Waals surface area contributed by atoms with Crippen molar-refractivity contribution in [3.8, 4) is 0 Å². The standard InChI is InChI=1S/C20H41N/c1-5-7-8-9-10-11-12-20(21-15-6-2)19-14-13-17(3)18(4)16-19/h17-21H,5-16H2,1-4H3. The lowest BCUT2D eigenvalue weighted by Gasteiger charge is -2.37. The zero-order valence-electron chi connectivity index (χ0n) is 15.3. The molecule has 0 bridgehead atoms. The fourth-order valence-electron chi connectivity index (χ4n) is 3.93. The van der Waals surface area contributed by atoms with E-state index in [1.807, 2.05) is 0 Å². The Hall–Kier alpha value is -0.0400. The zero-order valence-corrected chi connectivity index (χ0v) is 15.3. The van der Waals surface area contributed by atoms with Gasteiger partial charge in [-0.15, -0.1) is 0 Å². The molecule has 0 aromatic carbocycles. The number of hydrogen-bond acceptors (Lipinski definition) is 1. The molecule has 1 nitrogen and oxygen atoms in total. The number of unbranched alkanes of at least 4 members (excludes halogenated alkanes) is 5. The zero-order chi connectivity index (χ0) is 15.5. The first-order chi connectivity index (χ1) is 10.2. The molecule has 0 heterocycles. The Bertz CT molecular complexity index is 238. The molecular formula is C20H41N. The molecule has 1 rings (SSSR count). The summed E-state index contributed by atoms with van der Waals surface area (Å²) < 4.78 is 0. The highest BCUT2D eigenvalue weighted by atomic mass is 14.9. The molecule has 4 unspecified atom stereocenters. The molecule has 1 fully saturated rings. The molecule has 0 aromatic rings. The lowest BCUT2D eigenvalue weighted by molar-refractivity contribution is 0.164. The van der Waals surface area contributed by atoms with Crippen LogP contribution in [0, 0.1) is 17.8 Å². The Balaban J connectivity index is 2.29. The number of hydrogen-bond donors (Lipinski definition) is 1. The minimum Gasteiger partial charge on any atom is -0.314 e. The van der Waals surface area contributed by atoms with Gasteiger partial charge in [0.05, 0.1) is 0 Å². The van der Waals surface area contributed by atoms with E-state index in [4.69, 9.17) is 0 Å². The smallest absolute Gasteiger partial charge is 0.00954 e. The van der Waals surface area contributed by atoms with Gasteiger partial charge in [-0.1, -0.05) is 72.6 Å².